The molecule has 27 heavy (non-hydrogen) atoms. The summed E-state index contributed by atoms with van der Waals surface area (Å²) in [5.41, 5.74) is 14.3. The summed E-state index contributed by atoms with van der Waals surface area (Å²) in [4.78, 5) is 4.23. The topological polar surface area (TPSA) is 78.5 Å². The Kier molecular flexibility index (Phi) is 7.91. The smallest absolute Gasteiger partial charge is 0.662 e. The van der Waals surface area contributed by atoms with Crippen LogP contribution in [0, 0.1) is 0 Å². The molecule has 0 aliphatic carbocycles. The third-order valence-corrected chi connectivity index (χ3v) is 2.47. The van der Waals surface area contributed by atoms with E-state index < -0.39 is 7.81 Å². The molecule has 0 amide bonds. The van der Waals surface area contributed by atoms with Crippen LogP contribution in [0.3, 0.4) is 0 Å². The summed E-state index contributed by atoms with van der Waals surface area (Å²) < 4.78 is 59.2. The van der Waals surface area contributed by atoms with Crippen LogP contribution in [0.25, 0.3) is 5.32 Å². The molecule has 0 atom stereocenters. The van der Waals surface area contributed by atoms with E-state index in [9.17, 15) is 25.2 Å². The molecule has 2 aromatic rings. The summed E-state index contributed by atoms with van der Waals surface area (Å²) in [6.07, 6.45) is 5.03. The molecule has 0 bridgehead atoms. The van der Waals surface area contributed by atoms with Crippen LogP contribution in [-0.4, -0.2) is 6.21 Å². The molecule has 0 saturated heterocycles. The predicted octanol–water partition coefficient (Wildman–Crippen LogP) is 7.15. The Morgan fingerprint density at radius 3 is 1.81 bits per heavy atom. The number of para-hydroxylation sites is 4. The van der Waals surface area contributed by atoms with Crippen LogP contribution >= 0.6 is 7.81 Å². The van der Waals surface area contributed by atoms with Crippen LogP contribution in [0.2, 0.25) is 0 Å². The summed E-state index contributed by atoms with van der Waals surface area (Å²) in [7, 11) is -10.7. The third-order valence-electron chi connectivity index (χ3n) is 2.47. The van der Waals surface area contributed by atoms with Gasteiger partial charge in [0.15, 0.2) is 0 Å². The minimum Gasteiger partial charge on any atom is -0.662 e. The zero-order valence-electron chi connectivity index (χ0n) is 13.4. The van der Waals surface area contributed by atoms with Crippen LogP contribution in [0.1, 0.15) is 0 Å². The number of halogens is 6. The molecule has 4 nitrogen and oxygen atoms in total. The van der Waals surface area contributed by atoms with Crippen LogP contribution in [0.4, 0.5) is 47.9 Å². The zero-order chi connectivity index (χ0) is 19.9. The van der Waals surface area contributed by atoms with Crippen molar-refractivity contribution in [3.8, 4) is 0 Å². The number of nitrogens with two attached hydrogens (primary N) is 2. The molecule has 12 heteroatoms. The largest absolute Gasteiger partial charge is 2.00 e. The fourth-order valence-electron chi connectivity index (χ4n) is 1.50. The van der Waals surface area contributed by atoms with Crippen molar-refractivity contribution in [2.45, 2.75) is 0 Å². The molecule has 0 aliphatic heterocycles. The van der Waals surface area contributed by atoms with Crippen molar-refractivity contribution in [2.24, 2.45) is 4.99 Å². The van der Waals surface area contributed by atoms with Gasteiger partial charge in [0.25, 0.3) is 0 Å². The summed E-state index contributed by atoms with van der Waals surface area (Å²) in [5.74, 6) is 0. The average molecular weight is 455 g/mol. The molecule has 152 valence electrons. The van der Waals surface area contributed by atoms with Crippen molar-refractivity contribution < 1.29 is 41.7 Å². The van der Waals surface area contributed by atoms with Gasteiger partial charge in [-0.3, -0.25) is 4.99 Å². The van der Waals surface area contributed by atoms with Crippen molar-refractivity contribution in [1.29, 1.82) is 0 Å². The summed E-state index contributed by atoms with van der Waals surface area (Å²) in [6.45, 7) is 0. The fraction of sp³-hybridized carbons (Fsp3) is 0. The first-order chi connectivity index (χ1) is 11.7. The van der Waals surface area contributed by atoms with Crippen molar-refractivity contribution in [3.05, 3.63) is 66.1 Å². The number of nitrogen functional groups attached to an aromatic ring is 2. The van der Waals surface area contributed by atoms with E-state index in [1.54, 1.807) is 18.5 Å². The second kappa shape index (κ2) is 8.63. The van der Waals surface area contributed by atoms with Gasteiger partial charge in [-0.05, 0) is 18.2 Å². The molecule has 0 spiro atoms. The molecule has 0 saturated carbocycles. The Bertz CT molecular complexity index is 798. The van der Waals surface area contributed by atoms with E-state index in [0.717, 1.165) is 11.4 Å². The third kappa shape index (κ3) is 14.6. The average Bonchev–Trinajstić information content (AvgIpc) is 2.47. The number of hydrogen-bond acceptors (Lipinski definition) is 3. The number of hydrogen-bond donors (Lipinski definition) is 2. The Hall–Kier alpha value is -2.25. The number of anilines is 2. The fourth-order valence-corrected chi connectivity index (χ4v) is 1.50. The molecule has 2 aromatic carbocycles. The molecular weight excluding hydrogens is 440 g/mol. The van der Waals surface area contributed by atoms with Crippen LogP contribution in [0.5, 0.6) is 0 Å². The van der Waals surface area contributed by atoms with Crippen LogP contribution in [0.15, 0.2) is 65.8 Å². The first-order valence-electron chi connectivity index (χ1n) is 6.88. The standard InChI is InChI=1S/C15H15N4.F6P.Ni/c16-12-6-1-3-8-14(12)18-10-5-11-19-15-9-4-2-7-13(15)17;1-7(2,3,4,5)6;/h1-11H,16-17H2;;/q2*-1;+2/b10-5-,19-11?;;. The van der Waals surface area contributed by atoms with Crippen molar-refractivity contribution in [2.75, 3.05) is 11.5 Å². The molecule has 0 radical (unpaired) electrons. The molecule has 4 N–H and O–H groups in total. The first kappa shape index (κ1) is 24.8. The van der Waals surface area contributed by atoms with Crippen molar-refractivity contribution >= 4 is 36.8 Å². The van der Waals surface area contributed by atoms with Gasteiger partial charge in [0, 0.05) is 11.9 Å². The number of nitrogens with zero attached hydrogens (tertiary/aromatic N) is 2. The Morgan fingerprint density at radius 1 is 0.815 bits per heavy atom. The van der Waals surface area contributed by atoms with Gasteiger partial charge in [-0.15, -0.1) is 5.69 Å². The SMILES string of the molecule is F[P-](F)(F)(F)(F)F.Nc1ccccc1N=C/C=C\[N-]c1ccccc1N.[Ni+2]. The molecule has 2 rings (SSSR count). The molecule has 0 aromatic heterocycles. The van der Waals surface area contributed by atoms with E-state index >= 15 is 0 Å². The Labute approximate surface area is 161 Å². The van der Waals surface area contributed by atoms with E-state index in [-0.39, 0.29) is 16.5 Å². The minimum atomic E-state index is -10.7. The molecule has 0 aliphatic rings. The van der Waals surface area contributed by atoms with E-state index in [1.165, 1.54) is 0 Å². The predicted molar refractivity (Wildman–Crippen MR) is 95.6 cm³/mol. The van der Waals surface area contributed by atoms with Gasteiger partial charge in [0.05, 0.1) is 11.4 Å². The van der Waals surface area contributed by atoms with Gasteiger partial charge in [0.2, 0.25) is 0 Å². The summed E-state index contributed by atoms with van der Waals surface area (Å²) >= 11 is 0. The van der Waals surface area contributed by atoms with Crippen LogP contribution in [-0.2, 0) is 16.5 Å². The van der Waals surface area contributed by atoms with E-state index in [2.05, 4.69) is 10.3 Å². The van der Waals surface area contributed by atoms with Gasteiger partial charge in [-0.2, -0.15) is 6.20 Å². The molecule has 0 heterocycles. The second-order valence-electron chi connectivity index (χ2n) is 4.82. The van der Waals surface area contributed by atoms with E-state index in [0.29, 0.717) is 11.4 Å². The molecular formula is C15H15F6N4NiP. The zero-order valence-corrected chi connectivity index (χ0v) is 15.3. The number of aliphatic imine (C=N–C) groups is 1. The number of benzene rings is 2. The van der Waals surface area contributed by atoms with Gasteiger partial charge in [-0.25, -0.2) is 0 Å². The quantitative estimate of drug-likeness (QED) is 0.169. The van der Waals surface area contributed by atoms with Crippen molar-refractivity contribution in [1.82, 2.24) is 0 Å². The number of allylic oxidation sites excluding steroid dienone is 1. The van der Waals surface area contributed by atoms with Gasteiger partial charge in [0.1, 0.15) is 0 Å². The first-order valence-corrected chi connectivity index (χ1v) is 8.90. The maximum atomic E-state index is 9.87. The minimum absolute atomic E-state index is 0. The molecule has 0 unspecified atom stereocenters. The monoisotopic (exact) mass is 454 g/mol. The maximum absolute atomic E-state index is 10.7. The second-order valence-corrected chi connectivity index (χ2v) is 6.74. The van der Waals surface area contributed by atoms with Crippen molar-refractivity contribution in [3.63, 3.8) is 0 Å². The Balaban J connectivity index is 0.000000728. The number of rotatable bonds is 4. The maximum Gasteiger partial charge on any atom is 2.00 e. The van der Waals surface area contributed by atoms with Crippen LogP contribution < -0.4 is 11.5 Å². The normalized spacial score (nSPS) is 13.9. The summed E-state index contributed by atoms with van der Waals surface area (Å²) in [5, 5.41) is 4.23. The van der Waals surface area contributed by atoms with Gasteiger partial charge >= 0.3 is 49.5 Å². The van der Waals surface area contributed by atoms with E-state index in [1.807, 2.05) is 48.5 Å². The summed E-state index contributed by atoms with van der Waals surface area (Å²) in [6, 6.07) is 14.9. The van der Waals surface area contributed by atoms with Gasteiger partial charge < -0.3 is 16.8 Å². The Morgan fingerprint density at radius 2 is 1.30 bits per heavy atom. The molecule has 0 fully saturated rings. The van der Waals surface area contributed by atoms with Gasteiger partial charge in [-0.1, -0.05) is 36.4 Å². The van der Waals surface area contributed by atoms with E-state index in [4.69, 9.17) is 11.5 Å².